The molecular formula is C13H13F3INO. The van der Waals surface area contributed by atoms with Crippen LogP contribution in [0, 0.1) is 9.49 Å². The second kappa shape index (κ2) is 5.68. The monoisotopic (exact) mass is 383 g/mol. The van der Waals surface area contributed by atoms with Crippen LogP contribution < -0.4 is 0 Å². The fourth-order valence-corrected chi connectivity index (χ4v) is 2.85. The van der Waals surface area contributed by atoms with E-state index in [-0.39, 0.29) is 18.9 Å². The van der Waals surface area contributed by atoms with Crippen molar-refractivity contribution >= 4 is 28.5 Å². The molecule has 0 spiro atoms. The van der Waals surface area contributed by atoms with Crippen molar-refractivity contribution in [1.29, 1.82) is 0 Å². The van der Waals surface area contributed by atoms with Crippen molar-refractivity contribution in [1.82, 2.24) is 4.90 Å². The highest BCUT2D eigenvalue weighted by molar-refractivity contribution is 14.1. The number of amides is 1. The number of halogens is 4. The molecule has 1 aliphatic rings. The Morgan fingerprint density at radius 2 is 2.00 bits per heavy atom. The quantitative estimate of drug-likeness (QED) is 0.678. The molecule has 1 amide bonds. The van der Waals surface area contributed by atoms with E-state index >= 15 is 0 Å². The number of hydrogen-bond acceptors (Lipinski definition) is 1. The van der Waals surface area contributed by atoms with Gasteiger partial charge in [-0.3, -0.25) is 4.79 Å². The molecular weight excluding hydrogens is 370 g/mol. The Morgan fingerprint density at radius 3 is 2.63 bits per heavy atom. The molecule has 0 bridgehead atoms. The van der Waals surface area contributed by atoms with Gasteiger partial charge in [0, 0.05) is 16.7 Å². The van der Waals surface area contributed by atoms with Crippen molar-refractivity contribution in [2.75, 3.05) is 13.1 Å². The first kappa shape index (κ1) is 14.6. The summed E-state index contributed by atoms with van der Waals surface area (Å²) >= 11 is 2.02. The Balaban J connectivity index is 2.14. The van der Waals surface area contributed by atoms with E-state index < -0.39 is 12.1 Å². The summed E-state index contributed by atoms with van der Waals surface area (Å²) in [4.78, 5) is 13.6. The molecule has 1 heterocycles. The summed E-state index contributed by atoms with van der Waals surface area (Å²) in [5, 5.41) is 0. The second-order valence-electron chi connectivity index (χ2n) is 4.61. The maximum Gasteiger partial charge on any atom is 0.393 e. The van der Waals surface area contributed by atoms with Gasteiger partial charge in [0.05, 0.1) is 11.5 Å². The largest absolute Gasteiger partial charge is 0.393 e. The first-order valence-corrected chi connectivity index (χ1v) is 7.08. The molecule has 1 fully saturated rings. The molecule has 1 aromatic carbocycles. The van der Waals surface area contributed by atoms with Crippen LogP contribution in [-0.2, 0) is 0 Å². The molecule has 2 nitrogen and oxygen atoms in total. The van der Waals surface area contributed by atoms with Crippen LogP contribution in [0.2, 0.25) is 0 Å². The first-order chi connectivity index (χ1) is 8.89. The number of rotatable bonds is 1. The minimum absolute atomic E-state index is 0.110. The predicted molar refractivity (Wildman–Crippen MR) is 73.8 cm³/mol. The Kier molecular flexibility index (Phi) is 4.37. The molecule has 0 saturated carbocycles. The molecule has 0 aromatic heterocycles. The van der Waals surface area contributed by atoms with Crippen LogP contribution in [-0.4, -0.2) is 30.1 Å². The SMILES string of the molecule is O=C(c1ccccc1I)N1CCCC(C(F)(F)F)C1. The molecule has 0 aliphatic carbocycles. The van der Waals surface area contributed by atoms with Crippen LogP contribution in [0.4, 0.5) is 13.2 Å². The third-order valence-electron chi connectivity index (χ3n) is 3.28. The molecule has 19 heavy (non-hydrogen) atoms. The number of alkyl halides is 3. The van der Waals surface area contributed by atoms with E-state index in [9.17, 15) is 18.0 Å². The zero-order valence-corrected chi connectivity index (χ0v) is 12.2. The number of carbonyl (C=O) groups excluding carboxylic acids is 1. The lowest BCUT2D eigenvalue weighted by Crippen LogP contribution is -2.44. The van der Waals surface area contributed by atoms with Crippen LogP contribution in [0.1, 0.15) is 23.2 Å². The summed E-state index contributed by atoms with van der Waals surface area (Å²) in [5.41, 5.74) is 0.478. The molecule has 1 atom stereocenters. The number of piperidine rings is 1. The number of benzene rings is 1. The summed E-state index contributed by atoms with van der Waals surface area (Å²) in [6.07, 6.45) is -3.71. The van der Waals surface area contributed by atoms with E-state index in [1.807, 2.05) is 22.6 Å². The number of hydrogen-bond donors (Lipinski definition) is 0. The van der Waals surface area contributed by atoms with Gasteiger partial charge >= 0.3 is 6.18 Å². The highest BCUT2D eigenvalue weighted by atomic mass is 127. The topological polar surface area (TPSA) is 20.3 Å². The van der Waals surface area contributed by atoms with E-state index in [4.69, 9.17) is 0 Å². The summed E-state index contributed by atoms with van der Waals surface area (Å²) < 4.78 is 38.9. The van der Waals surface area contributed by atoms with Crippen molar-refractivity contribution in [2.45, 2.75) is 19.0 Å². The number of carbonyl (C=O) groups is 1. The number of nitrogens with zero attached hydrogens (tertiary/aromatic N) is 1. The van der Waals surface area contributed by atoms with Crippen molar-refractivity contribution in [3.05, 3.63) is 33.4 Å². The van der Waals surface area contributed by atoms with Gasteiger partial charge in [0.25, 0.3) is 5.91 Å². The lowest BCUT2D eigenvalue weighted by molar-refractivity contribution is -0.184. The van der Waals surface area contributed by atoms with Gasteiger partial charge in [-0.25, -0.2) is 0 Å². The van der Waals surface area contributed by atoms with Gasteiger partial charge < -0.3 is 4.90 Å². The molecule has 104 valence electrons. The van der Waals surface area contributed by atoms with Crippen LogP contribution in [0.25, 0.3) is 0 Å². The minimum Gasteiger partial charge on any atom is -0.338 e. The molecule has 0 N–H and O–H groups in total. The van der Waals surface area contributed by atoms with Gasteiger partial charge in [0.2, 0.25) is 0 Å². The zero-order chi connectivity index (χ0) is 14.0. The Morgan fingerprint density at radius 1 is 1.32 bits per heavy atom. The molecule has 2 rings (SSSR count). The van der Waals surface area contributed by atoms with Gasteiger partial charge in [0.15, 0.2) is 0 Å². The average Bonchev–Trinajstić information content (AvgIpc) is 2.38. The van der Waals surface area contributed by atoms with Crippen LogP contribution in [0.15, 0.2) is 24.3 Å². The molecule has 6 heteroatoms. The molecule has 1 aliphatic heterocycles. The van der Waals surface area contributed by atoms with Crippen LogP contribution in [0.5, 0.6) is 0 Å². The van der Waals surface area contributed by atoms with Gasteiger partial charge in [-0.05, 0) is 47.6 Å². The van der Waals surface area contributed by atoms with Gasteiger partial charge in [-0.2, -0.15) is 13.2 Å². The summed E-state index contributed by atoms with van der Waals surface area (Å²) in [6, 6.07) is 6.95. The molecule has 0 radical (unpaired) electrons. The fourth-order valence-electron chi connectivity index (χ4n) is 2.23. The lowest BCUT2D eigenvalue weighted by Gasteiger charge is -2.34. The van der Waals surface area contributed by atoms with E-state index in [0.717, 1.165) is 3.57 Å². The maximum absolute atomic E-state index is 12.7. The summed E-state index contributed by atoms with van der Waals surface area (Å²) in [7, 11) is 0. The third kappa shape index (κ3) is 3.40. The smallest absolute Gasteiger partial charge is 0.338 e. The maximum atomic E-state index is 12.7. The highest BCUT2D eigenvalue weighted by Crippen LogP contribution is 2.33. The standard InChI is InChI=1S/C13H13F3INO/c14-13(15,16)9-4-3-7-18(8-9)12(19)10-5-1-2-6-11(10)17/h1-2,5-6,9H,3-4,7-8H2. The second-order valence-corrected chi connectivity index (χ2v) is 5.77. The Bertz CT molecular complexity index is 475. The molecule has 1 saturated heterocycles. The third-order valence-corrected chi connectivity index (χ3v) is 4.22. The minimum atomic E-state index is -4.22. The van der Waals surface area contributed by atoms with Crippen LogP contribution >= 0.6 is 22.6 Å². The van der Waals surface area contributed by atoms with E-state index in [1.165, 1.54) is 4.90 Å². The fraction of sp³-hybridized carbons (Fsp3) is 0.462. The Hall–Kier alpha value is -0.790. The predicted octanol–water partition coefficient (Wildman–Crippen LogP) is 3.71. The zero-order valence-electron chi connectivity index (χ0n) is 10.1. The Labute approximate surface area is 123 Å². The van der Waals surface area contributed by atoms with Crippen molar-refractivity contribution < 1.29 is 18.0 Å². The highest BCUT2D eigenvalue weighted by Gasteiger charge is 2.42. The van der Waals surface area contributed by atoms with Crippen molar-refractivity contribution in [2.24, 2.45) is 5.92 Å². The normalized spacial score (nSPS) is 20.4. The summed E-state index contributed by atoms with van der Waals surface area (Å²) in [5.74, 6) is -1.70. The molecule has 1 unspecified atom stereocenters. The van der Waals surface area contributed by atoms with Crippen molar-refractivity contribution in [3.63, 3.8) is 0 Å². The summed E-state index contributed by atoms with van der Waals surface area (Å²) in [6.45, 7) is 0.170. The lowest BCUT2D eigenvalue weighted by atomic mass is 9.97. The van der Waals surface area contributed by atoms with E-state index in [1.54, 1.807) is 24.3 Å². The van der Waals surface area contributed by atoms with Crippen molar-refractivity contribution in [3.8, 4) is 0 Å². The van der Waals surface area contributed by atoms with E-state index in [2.05, 4.69) is 0 Å². The van der Waals surface area contributed by atoms with Gasteiger partial charge in [0.1, 0.15) is 0 Å². The first-order valence-electron chi connectivity index (χ1n) is 6.00. The van der Waals surface area contributed by atoms with Gasteiger partial charge in [-0.15, -0.1) is 0 Å². The van der Waals surface area contributed by atoms with Crippen LogP contribution in [0.3, 0.4) is 0 Å². The van der Waals surface area contributed by atoms with E-state index in [0.29, 0.717) is 18.5 Å². The average molecular weight is 383 g/mol. The van der Waals surface area contributed by atoms with Gasteiger partial charge in [-0.1, -0.05) is 12.1 Å². The number of likely N-dealkylation sites (tertiary alicyclic amines) is 1. The molecule has 1 aromatic rings.